The molecule has 176 valence electrons. The zero-order chi connectivity index (χ0) is 24.2. The Morgan fingerprint density at radius 2 is 1.80 bits per heavy atom. The Hall–Kier alpha value is -4.46. The average molecular weight is 470 g/mol. The monoisotopic (exact) mass is 469 g/mol. The Bertz CT molecular complexity index is 1330. The van der Waals surface area contributed by atoms with Gasteiger partial charge in [0.25, 0.3) is 11.9 Å². The molecule has 5 rings (SSSR count). The van der Waals surface area contributed by atoms with Gasteiger partial charge < -0.3 is 10.1 Å². The third kappa shape index (κ3) is 5.06. The molecule has 8 heteroatoms. The summed E-state index contributed by atoms with van der Waals surface area (Å²) in [6, 6.07) is 23.6. The number of ether oxygens (including phenoxy) is 1. The van der Waals surface area contributed by atoms with Crippen LogP contribution in [-0.2, 0) is 4.79 Å². The topological polar surface area (TPSA) is 81.1 Å². The summed E-state index contributed by atoms with van der Waals surface area (Å²) in [5, 5.41) is 10.7. The number of rotatable bonds is 6. The lowest BCUT2D eigenvalue weighted by atomic mass is 9.93. The Morgan fingerprint density at radius 1 is 1.06 bits per heavy atom. The molecular formula is C27H24FN5O2. The van der Waals surface area contributed by atoms with Gasteiger partial charge in [0, 0.05) is 6.08 Å². The molecule has 7 nitrogen and oxygen atoms in total. The quantitative estimate of drug-likeness (QED) is 0.378. The van der Waals surface area contributed by atoms with Crippen LogP contribution in [0.15, 0.2) is 84.9 Å². The van der Waals surface area contributed by atoms with Crippen molar-refractivity contribution in [2.75, 3.05) is 17.7 Å². The highest BCUT2D eigenvalue weighted by Gasteiger charge is 2.31. The molecule has 0 aliphatic carbocycles. The minimum atomic E-state index is -0.346. The van der Waals surface area contributed by atoms with E-state index in [4.69, 9.17) is 4.74 Å². The number of carbonyl (C=O) groups excluding carboxylic acids is 1. The Kier molecular flexibility index (Phi) is 6.26. The van der Waals surface area contributed by atoms with Gasteiger partial charge in [0.1, 0.15) is 11.6 Å². The number of anilines is 2. The number of aromatic nitrogens is 3. The van der Waals surface area contributed by atoms with E-state index >= 15 is 0 Å². The molecular weight excluding hydrogens is 445 g/mol. The van der Waals surface area contributed by atoms with Gasteiger partial charge in [0.15, 0.2) is 0 Å². The second-order valence-corrected chi connectivity index (χ2v) is 8.21. The molecule has 3 aromatic carbocycles. The van der Waals surface area contributed by atoms with Gasteiger partial charge in [-0.1, -0.05) is 54.6 Å². The molecule has 4 aromatic rings. The van der Waals surface area contributed by atoms with E-state index in [0.717, 1.165) is 22.4 Å². The smallest absolute Gasteiger partial charge is 0.250 e. The number of fused-ring (bicyclic) bond motifs is 1. The minimum absolute atomic E-state index is 0.0125. The zero-order valence-electron chi connectivity index (χ0n) is 19.1. The van der Waals surface area contributed by atoms with Crippen molar-refractivity contribution in [2.24, 2.45) is 0 Å². The lowest BCUT2D eigenvalue weighted by molar-refractivity contribution is -0.111. The van der Waals surface area contributed by atoms with Crippen LogP contribution in [0.5, 0.6) is 5.75 Å². The first-order valence-electron chi connectivity index (χ1n) is 11.3. The molecule has 0 saturated heterocycles. The summed E-state index contributed by atoms with van der Waals surface area (Å²) in [6.07, 6.45) is 3.83. The van der Waals surface area contributed by atoms with Crippen LogP contribution < -0.4 is 15.4 Å². The third-order valence-corrected chi connectivity index (χ3v) is 5.92. The van der Waals surface area contributed by atoms with Crippen LogP contribution in [0.3, 0.4) is 0 Å². The van der Waals surface area contributed by atoms with E-state index in [-0.39, 0.29) is 29.8 Å². The molecule has 0 radical (unpaired) electrons. The van der Waals surface area contributed by atoms with Gasteiger partial charge in [-0.2, -0.15) is 4.98 Å². The lowest BCUT2D eigenvalue weighted by Crippen LogP contribution is -2.28. The number of hydrogen-bond acceptors (Lipinski definition) is 5. The van der Waals surface area contributed by atoms with Gasteiger partial charge in [0.05, 0.1) is 19.2 Å². The van der Waals surface area contributed by atoms with E-state index < -0.39 is 0 Å². The predicted octanol–water partition coefficient (Wildman–Crippen LogP) is 5.22. The number of halogens is 1. The third-order valence-electron chi connectivity index (χ3n) is 5.92. The summed E-state index contributed by atoms with van der Waals surface area (Å²) in [6.45, 7) is 0. The van der Waals surface area contributed by atoms with Gasteiger partial charge in [0.2, 0.25) is 5.95 Å². The van der Waals surface area contributed by atoms with Crippen LogP contribution in [0.25, 0.3) is 6.08 Å². The Labute approximate surface area is 202 Å². The number of carbonyl (C=O) groups is 1. The molecule has 2 heterocycles. The van der Waals surface area contributed by atoms with Crippen molar-refractivity contribution >= 4 is 23.9 Å². The SMILES string of the molecule is COc1ccc(/C=C/C(=O)Nc2nc3n(n2)C(c2ccc(F)cc2)CC(c2ccccc2)N3)cc1. The van der Waals surface area contributed by atoms with Crippen LogP contribution in [0.1, 0.15) is 35.2 Å². The molecule has 35 heavy (non-hydrogen) atoms. The molecule has 2 N–H and O–H groups in total. The number of amides is 1. The fourth-order valence-electron chi connectivity index (χ4n) is 4.14. The minimum Gasteiger partial charge on any atom is -0.497 e. The highest BCUT2D eigenvalue weighted by molar-refractivity contribution is 6.00. The predicted molar refractivity (Wildman–Crippen MR) is 133 cm³/mol. The van der Waals surface area contributed by atoms with E-state index in [2.05, 4.69) is 32.8 Å². The number of methoxy groups -OCH3 is 1. The highest BCUT2D eigenvalue weighted by Crippen LogP contribution is 2.38. The summed E-state index contributed by atoms with van der Waals surface area (Å²) < 4.78 is 20.5. The molecule has 0 bridgehead atoms. The fourth-order valence-corrected chi connectivity index (χ4v) is 4.14. The largest absolute Gasteiger partial charge is 0.497 e. The van der Waals surface area contributed by atoms with Crippen molar-refractivity contribution in [3.8, 4) is 5.75 Å². The van der Waals surface area contributed by atoms with E-state index in [0.29, 0.717) is 12.4 Å². The molecule has 1 aliphatic rings. The van der Waals surface area contributed by atoms with Gasteiger partial charge in [-0.15, -0.1) is 5.10 Å². The van der Waals surface area contributed by atoms with Gasteiger partial charge >= 0.3 is 0 Å². The summed E-state index contributed by atoms with van der Waals surface area (Å²) in [4.78, 5) is 17.0. The standard InChI is InChI=1S/C27H24FN5O2/c1-35-22-14-7-18(8-15-22)9-16-25(34)30-26-31-27-29-23(19-5-3-2-4-6-19)17-24(33(27)32-26)20-10-12-21(28)13-11-20/h2-16,23-24H,17H2,1H3,(H2,29,30,31,32,34)/b16-9+. The second kappa shape index (κ2) is 9.80. The number of nitrogens with one attached hydrogen (secondary N) is 2. The fraction of sp³-hybridized carbons (Fsp3) is 0.148. The van der Waals surface area contributed by atoms with Crippen LogP contribution in [-0.4, -0.2) is 27.8 Å². The van der Waals surface area contributed by atoms with Crippen molar-refractivity contribution < 1.29 is 13.9 Å². The van der Waals surface area contributed by atoms with E-state index in [9.17, 15) is 9.18 Å². The molecule has 0 fully saturated rings. The number of benzene rings is 3. The Balaban J connectivity index is 1.38. The maximum Gasteiger partial charge on any atom is 0.250 e. The molecule has 0 saturated carbocycles. The summed E-state index contributed by atoms with van der Waals surface area (Å²) in [5.74, 6) is 0.836. The van der Waals surface area contributed by atoms with E-state index in [1.807, 2.05) is 42.5 Å². The zero-order valence-corrected chi connectivity index (χ0v) is 19.1. The highest BCUT2D eigenvalue weighted by atomic mass is 19.1. The van der Waals surface area contributed by atoms with Gasteiger partial charge in [-0.3, -0.25) is 10.1 Å². The number of nitrogens with zero attached hydrogens (tertiary/aromatic N) is 3. The van der Waals surface area contributed by atoms with Gasteiger partial charge in [-0.25, -0.2) is 9.07 Å². The molecule has 2 unspecified atom stereocenters. The first-order valence-corrected chi connectivity index (χ1v) is 11.3. The van der Waals surface area contributed by atoms with E-state index in [1.54, 1.807) is 30.0 Å². The van der Waals surface area contributed by atoms with Crippen LogP contribution in [0.4, 0.5) is 16.3 Å². The molecule has 1 aromatic heterocycles. The van der Waals surface area contributed by atoms with Crippen molar-refractivity contribution in [1.82, 2.24) is 14.8 Å². The summed E-state index contributed by atoms with van der Waals surface area (Å²) in [5.41, 5.74) is 2.89. The lowest BCUT2D eigenvalue weighted by Gasteiger charge is -2.31. The summed E-state index contributed by atoms with van der Waals surface area (Å²) in [7, 11) is 1.60. The van der Waals surface area contributed by atoms with Crippen molar-refractivity contribution in [1.29, 1.82) is 0 Å². The van der Waals surface area contributed by atoms with Crippen LogP contribution in [0, 0.1) is 5.82 Å². The van der Waals surface area contributed by atoms with Gasteiger partial charge in [-0.05, 0) is 53.5 Å². The van der Waals surface area contributed by atoms with Crippen molar-refractivity contribution in [2.45, 2.75) is 18.5 Å². The number of hydrogen-bond donors (Lipinski definition) is 2. The first kappa shape index (κ1) is 22.3. The molecule has 2 atom stereocenters. The normalized spacial score (nSPS) is 17.0. The maximum atomic E-state index is 13.6. The van der Waals surface area contributed by atoms with Crippen LogP contribution >= 0.6 is 0 Å². The van der Waals surface area contributed by atoms with E-state index in [1.165, 1.54) is 18.2 Å². The molecule has 0 spiro atoms. The van der Waals surface area contributed by atoms with Crippen molar-refractivity contribution in [3.63, 3.8) is 0 Å². The molecule has 1 amide bonds. The van der Waals surface area contributed by atoms with Crippen LogP contribution in [0.2, 0.25) is 0 Å². The average Bonchev–Trinajstić information content (AvgIpc) is 3.30. The van der Waals surface area contributed by atoms with Crippen molar-refractivity contribution in [3.05, 3.63) is 107 Å². The summed E-state index contributed by atoms with van der Waals surface area (Å²) >= 11 is 0. The molecule has 1 aliphatic heterocycles. The first-order chi connectivity index (χ1) is 17.1. The maximum absolute atomic E-state index is 13.6. The Morgan fingerprint density at radius 3 is 2.51 bits per heavy atom. The second-order valence-electron chi connectivity index (χ2n) is 8.21.